The fourth-order valence-corrected chi connectivity index (χ4v) is 1.52. The van der Waals surface area contributed by atoms with Crippen LogP contribution in [0.15, 0.2) is 18.3 Å². The Morgan fingerprint density at radius 3 is 2.71 bits per heavy atom. The molecule has 0 atom stereocenters. The minimum absolute atomic E-state index is 0.661. The lowest BCUT2D eigenvalue weighted by atomic mass is 10.1. The predicted octanol–water partition coefficient (Wildman–Crippen LogP) is 2.26. The molecule has 0 N–H and O–H groups in total. The number of fused-ring (bicyclic) bond motifs is 1. The summed E-state index contributed by atoms with van der Waals surface area (Å²) < 4.78 is 5.18. The van der Waals surface area contributed by atoms with Gasteiger partial charge in [-0.05, 0) is 31.5 Å². The number of pyridine rings is 2. The lowest BCUT2D eigenvalue weighted by Gasteiger charge is -2.08. The highest BCUT2D eigenvalue weighted by molar-refractivity contribution is 5.80. The van der Waals surface area contributed by atoms with Crippen molar-refractivity contribution in [2.24, 2.45) is 0 Å². The fourth-order valence-electron chi connectivity index (χ4n) is 1.52. The summed E-state index contributed by atoms with van der Waals surface area (Å²) in [6.45, 7) is 4.07. The van der Waals surface area contributed by atoms with E-state index in [-0.39, 0.29) is 0 Å². The first-order valence-corrected chi connectivity index (χ1v) is 4.50. The third kappa shape index (κ3) is 1.21. The molecule has 0 fully saturated rings. The zero-order chi connectivity index (χ0) is 10.1. The summed E-state index contributed by atoms with van der Waals surface area (Å²) in [6.07, 6.45) is 1.74. The van der Waals surface area contributed by atoms with Gasteiger partial charge >= 0.3 is 0 Å². The van der Waals surface area contributed by atoms with E-state index >= 15 is 0 Å². The summed E-state index contributed by atoms with van der Waals surface area (Å²) in [6, 6.07) is 3.94. The molecule has 0 amide bonds. The highest BCUT2D eigenvalue weighted by Crippen LogP contribution is 2.24. The Kier molecular flexibility index (Phi) is 2.08. The summed E-state index contributed by atoms with van der Waals surface area (Å²) in [5.74, 6) is 0.661. The molecule has 2 aromatic heterocycles. The van der Waals surface area contributed by atoms with Crippen LogP contribution in [0.5, 0.6) is 5.88 Å². The molecule has 0 unspecified atom stereocenters. The molecule has 3 nitrogen and oxygen atoms in total. The molecule has 2 aromatic rings. The normalized spacial score (nSPS) is 10.5. The molecule has 0 saturated carbocycles. The molecular weight excluding hydrogens is 176 g/mol. The monoisotopic (exact) mass is 188 g/mol. The standard InChI is InChI=1S/C11H12N2O/c1-7-8(2)11(14-3)13-10-9(7)5-4-6-12-10/h4-6H,1-3H3. The molecule has 0 aliphatic carbocycles. The van der Waals surface area contributed by atoms with Crippen molar-refractivity contribution in [2.75, 3.05) is 7.11 Å². The van der Waals surface area contributed by atoms with Crippen molar-refractivity contribution in [1.82, 2.24) is 9.97 Å². The third-order valence-electron chi connectivity index (χ3n) is 2.47. The van der Waals surface area contributed by atoms with E-state index in [0.717, 1.165) is 16.6 Å². The Labute approximate surface area is 82.8 Å². The second-order valence-corrected chi connectivity index (χ2v) is 3.25. The molecule has 2 rings (SSSR count). The highest BCUT2D eigenvalue weighted by Gasteiger charge is 2.08. The van der Waals surface area contributed by atoms with Crippen molar-refractivity contribution in [1.29, 1.82) is 0 Å². The molecule has 14 heavy (non-hydrogen) atoms. The van der Waals surface area contributed by atoms with Crippen LogP contribution in [-0.4, -0.2) is 17.1 Å². The first-order valence-electron chi connectivity index (χ1n) is 4.50. The van der Waals surface area contributed by atoms with Crippen LogP contribution in [0.1, 0.15) is 11.1 Å². The zero-order valence-electron chi connectivity index (χ0n) is 8.53. The molecule has 72 valence electrons. The Morgan fingerprint density at radius 2 is 2.00 bits per heavy atom. The molecule has 3 heteroatoms. The van der Waals surface area contributed by atoms with Crippen molar-refractivity contribution in [3.8, 4) is 5.88 Å². The van der Waals surface area contributed by atoms with Gasteiger partial charge in [0.2, 0.25) is 5.88 Å². The maximum Gasteiger partial charge on any atom is 0.218 e. The van der Waals surface area contributed by atoms with Gasteiger partial charge in [-0.15, -0.1) is 0 Å². The molecule has 2 heterocycles. The molecule has 0 spiro atoms. The van der Waals surface area contributed by atoms with E-state index in [0.29, 0.717) is 5.88 Å². The average Bonchev–Trinajstić information content (AvgIpc) is 2.23. The lowest BCUT2D eigenvalue weighted by Crippen LogP contribution is -1.96. The van der Waals surface area contributed by atoms with Gasteiger partial charge in [0.05, 0.1) is 7.11 Å². The number of hydrogen-bond acceptors (Lipinski definition) is 3. The van der Waals surface area contributed by atoms with E-state index in [9.17, 15) is 0 Å². The minimum atomic E-state index is 0.661. The summed E-state index contributed by atoms with van der Waals surface area (Å²) in [5.41, 5.74) is 3.00. The Bertz CT molecular complexity index is 480. The molecule has 0 aliphatic heterocycles. The van der Waals surface area contributed by atoms with Crippen molar-refractivity contribution >= 4 is 11.0 Å². The van der Waals surface area contributed by atoms with Crippen LogP contribution in [0.2, 0.25) is 0 Å². The topological polar surface area (TPSA) is 35.0 Å². The number of rotatable bonds is 1. The smallest absolute Gasteiger partial charge is 0.218 e. The van der Waals surface area contributed by atoms with Crippen LogP contribution >= 0.6 is 0 Å². The Balaban J connectivity index is 2.85. The van der Waals surface area contributed by atoms with Gasteiger partial charge in [-0.25, -0.2) is 4.98 Å². The van der Waals surface area contributed by atoms with Crippen LogP contribution in [0.25, 0.3) is 11.0 Å². The average molecular weight is 188 g/mol. The molecule has 0 bridgehead atoms. The van der Waals surface area contributed by atoms with E-state index in [2.05, 4.69) is 16.9 Å². The van der Waals surface area contributed by atoms with Gasteiger partial charge in [0, 0.05) is 17.1 Å². The minimum Gasteiger partial charge on any atom is -0.481 e. The number of aromatic nitrogens is 2. The lowest BCUT2D eigenvalue weighted by molar-refractivity contribution is 0.395. The van der Waals surface area contributed by atoms with Gasteiger partial charge in [0.25, 0.3) is 0 Å². The van der Waals surface area contributed by atoms with E-state index in [4.69, 9.17) is 4.74 Å². The number of ether oxygens (including phenoxy) is 1. The number of hydrogen-bond donors (Lipinski definition) is 0. The number of nitrogens with zero attached hydrogens (tertiary/aromatic N) is 2. The quantitative estimate of drug-likeness (QED) is 0.688. The molecule has 0 aromatic carbocycles. The van der Waals surface area contributed by atoms with Crippen molar-refractivity contribution in [3.05, 3.63) is 29.5 Å². The Hall–Kier alpha value is -1.64. The second-order valence-electron chi connectivity index (χ2n) is 3.25. The van der Waals surface area contributed by atoms with E-state index in [1.54, 1.807) is 13.3 Å². The van der Waals surface area contributed by atoms with Crippen LogP contribution in [0.4, 0.5) is 0 Å². The molecule has 0 radical (unpaired) electrons. The van der Waals surface area contributed by atoms with Gasteiger partial charge in [0.15, 0.2) is 5.65 Å². The van der Waals surface area contributed by atoms with E-state index in [1.807, 2.05) is 19.1 Å². The van der Waals surface area contributed by atoms with Crippen LogP contribution in [0.3, 0.4) is 0 Å². The zero-order valence-corrected chi connectivity index (χ0v) is 8.53. The second kappa shape index (κ2) is 3.25. The van der Waals surface area contributed by atoms with Gasteiger partial charge in [0.1, 0.15) is 0 Å². The van der Waals surface area contributed by atoms with Gasteiger partial charge < -0.3 is 4.74 Å². The first kappa shape index (κ1) is 8.94. The third-order valence-corrected chi connectivity index (χ3v) is 2.47. The van der Waals surface area contributed by atoms with E-state index in [1.165, 1.54) is 5.56 Å². The predicted molar refractivity (Wildman–Crippen MR) is 55.6 cm³/mol. The summed E-state index contributed by atoms with van der Waals surface area (Å²) in [5, 5.41) is 1.09. The molecule has 0 aliphatic rings. The highest BCUT2D eigenvalue weighted by atomic mass is 16.5. The van der Waals surface area contributed by atoms with Crippen molar-refractivity contribution < 1.29 is 4.74 Å². The van der Waals surface area contributed by atoms with Crippen LogP contribution < -0.4 is 4.74 Å². The van der Waals surface area contributed by atoms with Gasteiger partial charge in [-0.2, -0.15) is 4.98 Å². The SMILES string of the molecule is COc1nc2ncccc2c(C)c1C. The summed E-state index contributed by atoms with van der Waals surface area (Å²) in [4.78, 5) is 8.52. The van der Waals surface area contributed by atoms with Crippen molar-refractivity contribution in [3.63, 3.8) is 0 Å². The Morgan fingerprint density at radius 1 is 1.21 bits per heavy atom. The summed E-state index contributed by atoms with van der Waals surface area (Å²) in [7, 11) is 1.63. The molecular formula is C11H12N2O. The van der Waals surface area contributed by atoms with Gasteiger partial charge in [-0.1, -0.05) is 0 Å². The largest absolute Gasteiger partial charge is 0.481 e. The van der Waals surface area contributed by atoms with Gasteiger partial charge in [-0.3, -0.25) is 0 Å². The number of aryl methyl sites for hydroxylation is 1. The summed E-state index contributed by atoms with van der Waals surface area (Å²) >= 11 is 0. The fraction of sp³-hybridized carbons (Fsp3) is 0.273. The maximum absolute atomic E-state index is 5.18. The number of methoxy groups -OCH3 is 1. The van der Waals surface area contributed by atoms with E-state index < -0.39 is 0 Å². The molecule has 0 saturated heterocycles. The van der Waals surface area contributed by atoms with Crippen molar-refractivity contribution in [2.45, 2.75) is 13.8 Å². The van der Waals surface area contributed by atoms with Crippen LogP contribution in [-0.2, 0) is 0 Å². The first-order chi connectivity index (χ1) is 6.74. The van der Waals surface area contributed by atoms with Crippen LogP contribution in [0, 0.1) is 13.8 Å². The maximum atomic E-state index is 5.18.